The fraction of sp³-hybridized carbons (Fsp3) is 1.00. The first-order chi connectivity index (χ1) is 6.35. The van der Waals surface area contributed by atoms with E-state index in [2.05, 4.69) is 0 Å². The van der Waals surface area contributed by atoms with Crippen LogP contribution < -0.4 is 0 Å². The molecule has 0 N–H and O–H groups in total. The van der Waals surface area contributed by atoms with Gasteiger partial charge in [-0.2, -0.15) is 26.3 Å². The predicted molar refractivity (Wildman–Crippen MR) is 34.7 cm³/mol. The van der Waals surface area contributed by atoms with Gasteiger partial charge in [-0.1, -0.05) is 12.6 Å². The summed E-state index contributed by atoms with van der Waals surface area (Å²) in [6.45, 7) is 0. The smallest absolute Gasteiger partial charge is 0.234 e. The molecule has 0 amide bonds. The summed E-state index contributed by atoms with van der Waals surface area (Å²) in [4.78, 5) is 0. The van der Waals surface area contributed by atoms with Gasteiger partial charge in [-0.25, -0.2) is 13.2 Å². The molecule has 0 rings (SSSR count). The Balaban J connectivity index is 5.19. The van der Waals surface area contributed by atoms with Gasteiger partial charge in [-0.05, 0) is 0 Å². The van der Waals surface area contributed by atoms with Gasteiger partial charge >= 0.3 is 17.1 Å². The second-order valence-electron chi connectivity index (χ2n) is 2.47. The topological polar surface area (TPSA) is 0 Å². The fourth-order valence-electron chi connectivity index (χ4n) is 0.532. The summed E-state index contributed by atoms with van der Waals surface area (Å²) in [5, 5.41) is -5.62. The van der Waals surface area contributed by atoms with E-state index in [1.165, 1.54) is 0 Å². The van der Waals surface area contributed by atoms with Crippen LogP contribution in [0.1, 0.15) is 0 Å². The molecule has 0 aromatic heterocycles. The van der Waals surface area contributed by atoms with Crippen molar-refractivity contribution < 1.29 is 39.5 Å². The molecule has 0 saturated carbocycles. The predicted octanol–water partition coefficient (Wildman–Crippen LogP) is 3.38. The van der Waals surface area contributed by atoms with E-state index in [-0.39, 0.29) is 0 Å². The molecule has 0 aliphatic heterocycles. The maximum Gasteiger partial charge on any atom is 0.384 e. The zero-order chi connectivity index (χ0) is 12.7. The number of rotatable bonds is 4. The first-order valence-corrected chi connectivity index (χ1v) is 3.58. The summed E-state index contributed by atoms with van der Waals surface area (Å²) in [5.74, 6) is -12.5. The molecule has 0 aromatic carbocycles. The van der Waals surface area contributed by atoms with Gasteiger partial charge in [0.2, 0.25) is 6.17 Å². The number of hydrogen-bond donors (Lipinski definition) is 1. The summed E-state index contributed by atoms with van der Waals surface area (Å²) in [6, 6.07) is 0. The highest BCUT2D eigenvalue weighted by Crippen LogP contribution is 2.50. The van der Waals surface area contributed by atoms with Gasteiger partial charge in [0.1, 0.15) is 0 Å². The monoisotopic (exact) mass is 266 g/mol. The van der Waals surface area contributed by atoms with Gasteiger partial charge in [0.05, 0.1) is 0 Å². The maximum absolute atomic E-state index is 12.2. The Hall–Kier alpha value is -0.280. The molecule has 10 heteroatoms. The van der Waals surface area contributed by atoms with Gasteiger partial charge in [0, 0.05) is 0 Å². The molecule has 0 aromatic rings. The van der Waals surface area contributed by atoms with E-state index in [4.69, 9.17) is 0 Å². The summed E-state index contributed by atoms with van der Waals surface area (Å²) in [5.41, 5.74) is 0. The van der Waals surface area contributed by atoms with E-state index in [0.29, 0.717) is 0 Å². The molecular weight excluding hydrogens is 263 g/mol. The molecule has 0 radical (unpaired) electrons. The lowest BCUT2D eigenvalue weighted by Crippen LogP contribution is -2.57. The number of alkyl halides is 9. The van der Waals surface area contributed by atoms with Crippen molar-refractivity contribution in [1.82, 2.24) is 0 Å². The van der Waals surface area contributed by atoms with Crippen molar-refractivity contribution in [3.05, 3.63) is 0 Å². The number of halogens is 9. The van der Waals surface area contributed by atoms with Crippen molar-refractivity contribution >= 4 is 12.6 Å². The van der Waals surface area contributed by atoms with Gasteiger partial charge in [-0.15, -0.1) is 0 Å². The highest BCUT2D eigenvalue weighted by atomic mass is 32.1. The lowest BCUT2D eigenvalue weighted by atomic mass is 10.1. The highest BCUT2D eigenvalue weighted by molar-refractivity contribution is 7.81. The molecular formula is C5H3F9S. The average molecular weight is 266 g/mol. The average Bonchev–Trinajstić information content (AvgIpc) is 2.00. The third kappa shape index (κ3) is 2.45. The normalized spacial score (nSPS) is 17.0. The van der Waals surface area contributed by atoms with Gasteiger partial charge < -0.3 is 0 Å². The van der Waals surface area contributed by atoms with E-state index in [1.54, 1.807) is 0 Å². The molecule has 0 saturated heterocycles. The van der Waals surface area contributed by atoms with Crippen molar-refractivity contribution in [3.63, 3.8) is 0 Å². The minimum Gasteiger partial charge on any atom is -0.234 e. The Labute approximate surface area is 82.8 Å². The lowest BCUT2D eigenvalue weighted by molar-refractivity contribution is -0.306. The van der Waals surface area contributed by atoms with Gasteiger partial charge in [-0.3, -0.25) is 0 Å². The quantitative estimate of drug-likeness (QED) is 0.585. The van der Waals surface area contributed by atoms with E-state index in [1.807, 2.05) is 12.6 Å². The third-order valence-electron chi connectivity index (χ3n) is 1.36. The van der Waals surface area contributed by atoms with Crippen molar-refractivity contribution in [1.29, 1.82) is 0 Å². The zero-order valence-corrected chi connectivity index (χ0v) is 7.40. The molecule has 1 unspecified atom stereocenters. The van der Waals surface area contributed by atoms with Crippen LogP contribution in [0.15, 0.2) is 0 Å². The summed E-state index contributed by atoms with van der Waals surface area (Å²) in [7, 11) is 0. The van der Waals surface area contributed by atoms with Crippen LogP contribution in [0.3, 0.4) is 0 Å². The minimum atomic E-state index is -6.32. The largest absolute Gasteiger partial charge is 0.384 e. The first-order valence-electron chi connectivity index (χ1n) is 3.13. The number of hydrogen-bond acceptors (Lipinski definition) is 1. The highest BCUT2D eigenvalue weighted by Gasteiger charge is 2.74. The lowest BCUT2D eigenvalue weighted by Gasteiger charge is -2.31. The van der Waals surface area contributed by atoms with Crippen LogP contribution >= 0.6 is 12.6 Å². The second kappa shape index (κ2) is 3.95. The van der Waals surface area contributed by atoms with Crippen LogP contribution in [0.5, 0.6) is 0 Å². The second-order valence-corrected chi connectivity index (χ2v) is 3.04. The van der Waals surface area contributed by atoms with Crippen LogP contribution in [-0.4, -0.2) is 29.7 Å². The van der Waals surface area contributed by atoms with Crippen LogP contribution in [0.25, 0.3) is 0 Å². The molecule has 0 nitrogen and oxygen atoms in total. The molecule has 0 aliphatic rings. The SMILES string of the molecule is FC(F)C(F)C(F)(F)C(F)(F)C(F)(F)S. The first kappa shape index (κ1) is 14.7. The minimum absolute atomic E-state index is 1.82. The molecule has 92 valence electrons. The summed E-state index contributed by atoms with van der Waals surface area (Å²) < 4.78 is 107. The van der Waals surface area contributed by atoms with E-state index in [0.717, 1.165) is 0 Å². The van der Waals surface area contributed by atoms with Crippen LogP contribution in [0.4, 0.5) is 39.5 Å². The maximum atomic E-state index is 12.2. The Kier molecular flexibility index (Phi) is 3.87. The third-order valence-corrected chi connectivity index (χ3v) is 1.64. The van der Waals surface area contributed by atoms with Crippen molar-refractivity contribution in [2.45, 2.75) is 29.7 Å². The van der Waals surface area contributed by atoms with Crippen molar-refractivity contribution in [3.8, 4) is 0 Å². The summed E-state index contributed by atoms with van der Waals surface area (Å²) >= 11 is 1.82. The van der Waals surface area contributed by atoms with Gasteiger partial charge in [0.25, 0.3) is 6.43 Å². The standard InChI is InChI=1S/C5H3F9S/c6-1(2(7)8)3(9,10)4(11,12)5(13,14)15/h1-2,15H. The van der Waals surface area contributed by atoms with Crippen molar-refractivity contribution in [2.75, 3.05) is 0 Å². The van der Waals surface area contributed by atoms with Crippen molar-refractivity contribution in [2.24, 2.45) is 0 Å². The molecule has 0 fully saturated rings. The van der Waals surface area contributed by atoms with E-state index >= 15 is 0 Å². The van der Waals surface area contributed by atoms with Gasteiger partial charge in [0.15, 0.2) is 0 Å². The number of thiol groups is 1. The Bertz CT molecular complexity index is 219. The molecule has 1 atom stereocenters. The molecule has 0 heterocycles. The zero-order valence-electron chi connectivity index (χ0n) is 6.50. The fourth-order valence-corrected chi connectivity index (χ4v) is 0.681. The van der Waals surface area contributed by atoms with Crippen LogP contribution in [-0.2, 0) is 0 Å². The van der Waals surface area contributed by atoms with E-state index < -0.39 is 29.7 Å². The van der Waals surface area contributed by atoms with Crippen LogP contribution in [0, 0.1) is 0 Å². The molecule has 0 aliphatic carbocycles. The summed E-state index contributed by atoms with van der Waals surface area (Å²) in [6.07, 6.45) is -9.22. The van der Waals surface area contributed by atoms with Crippen LogP contribution in [0.2, 0.25) is 0 Å². The Morgan fingerprint density at radius 3 is 1.33 bits per heavy atom. The Morgan fingerprint density at radius 1 is 0.800 bits per heavy atom. The molecule has 0 spiro atoms. The molecule has 15 heavy (non-hydrogen) atoms. The molecule has 0 bridgehead atoms. The van der Waals surface area contributed by atoms with E-state index in [9.17, 15) is 39.5 Å². The Morgan fingerprint density at radius 2 is 1.13 bits per heavy atom.